The Bertz CT molecular complexity index is 1420. The molecule has 2 aromatic carbocycles. The maximum atomic E-state index is 14.3. The lowest BCUT2D eigenvalue weighted by atomic mass is 9.58. The van der Waals surface area contributed by atoms with Crippen LogP contribution in [-0.4, -0.2) is 55.0 Å². The molecule has 0 spiro atoms. The SMILES string of the molecule is COC(=O)C1(C)Cc2c(C)c(CCCCl)c(B3N(C)C(=O)c4ccccc4N3P(C3CCCCC3)C3CCCCC3)c(C)c2C1. The van der Waals surface area contributed by atoms with Crippen molar-refractivity contribution in [3.63, 3.8) is 0 Å². The Labute approximate surface area is 277 Å². The fourth-order valence-corrected chi connectivity index (χ4v) is 13.4. The van der Waals surface area contributed by atoms with Crippen molar-refractivity contribution in [2.45, 2.75) is 122 Å². The molecular formula is C37H51BClN2O3P. The van der Waals surface area contributed by atoms with Crippen molar-refractivity contribution in [1.82, 2.24) is 4.81 Å². The summed E-state index contributed by atoms with van der Waals surface area (Å²) in [5.74, 6) is 0.562. The number of halogens is 1. The molecule has 2 aromatic rings. The number of hydrogen-bond donors (Lipinski definition) is 0. The summed E-state index contributed by atoms with van der Waals surface area (Å²) in [4.78, 5) is 29.5. The van der Waals surface area contributed by atoms with Gasteiger partial charge in [0, 0.05) is 11.6 Å². The van der Waals surface area contributed by atoms with E-state index >= 15 is 0 Å². The van der Waals surface area contributed by atoms with Gasteiger partial charge in [-0.25, -0.2) is 0 Å². The Morgan fingerprint density at radius 3 is 2.13 bits per heavy atom. The number of hydrogen-bond acceptors (Lipinski definition) is 4. The molecule has 4 aliphatic rings. The van der Waals surface area contributed by atoms with E-state index in [0.29, 0.717) is 30.0 Å². The smallest absolute Gasteiger partial charge is 0.417 e. The summed E-state index contributed by atoms with van der Waals surface area (Å²) < 4.78 is 8.14. The van der Waals surface area contributed by atoms with E-state index in [1.165, 1.54) is 105 Å². The van der Waals surface area contributed by atoms with Gasteiger partial charge >= 0.3 is 13.0 Å². The van der Waals surface area contributed by atoms with Crippen molar-refractivity contribution in [2.75, 3.05) is 24.6 Å². The normalized spacial score (nSPS) is 22.6. The molecule has 1 amide bonds. The maximum Gasteiger partial charge on any atom is 0.417 e. The van der Waals surface area contributed by atoms with Crippen molar-refractivity contribution in [3.8, 4) is 0 Å². The molecule has 1 unspecified atom stereocenters. The first-order chi connectivity index (χ1) is 21.7. The highest BCUT2D eigenvalue weighted by molar-refractivity contribution is 7.63. The Morgan fingerprint density at radius 2 is 1.56 bits per heavy atom. The van der Waals surface area contributed by atoms with Crippen LogP contribution in [0.3, 0.4) is 0 Å². The van der Waals surface area contributed by atoms with Gasteiger partial charge in [-0.05, 0) is 144 Å². The van der Waals surface area contributed by atoms with Crippen LogP contribution >= 0.6 is 19.7 Å². The number of carbonyl (C=O) groups is 2. The molecule has 0 N–H and O–H groups in total. The summed E-state index contributed by atoms with van der Waals surface area (Å²) in [5, 5.41) is 0. The molecule has 242 valence electrons. The van der Waals surface area contributed by atoms with Crippen LogP contribution in [0.15, 0.2) is 24.3 Å². The molecule has 6 rings (SSSR count). The van der Waals surface area contributed by atoms with Crippen molar-refractivity contribution < 1.29 is 14.3 Å². The summed E-state index contributed by atoms with van der Waals surface area (Å²) in [7, 11) is 2.99. The second-order valence-electron chi connectivity index (χ2n) is 14.4. The maximum absolute atomic E-state index is 14.3. The summed E-state index contributed by atoms with van der Waals surface area (Å²) in [6.45, 7) is 6.39. The van der Waals surface area contributed by atoms with Gasteiger partial charge in [0.1, 0.15) is 0 Å². The first-order valence-corrected chi connectivity index (χ1v) is 19.4. The number of amides is 1. The molecule has 0 bridgehead atoms. The second-order valence-corrected chi connectivity index (χ2v) is 17.4. The predicted octanol–water partition coefficient (Wildman–Crippen LogP) is 8.10. The van der Waals surface area contributed by atoms with Crippen molar-refractivity contribution in [1.29, 1.82) is 0 Å². The molecule has 0 aromatic heterocycles. The number of fused-ring (bicyclic) bond motifs is 2. The summed E-state index contributed by atoms with van der Waals surface area (Å²) >= 11 is 6.37. The van der Waals surface area contributed by atoms with E-state index in [2.05, 4.69) is 42.3 Å². The van der Waals surface area contributed by atoms with Gasteiger partial charge in [-0.15, -0.1) is 11.6 Å². The van der Waals surface area contributed by atoms with Crippen LogP contribution < -0.4 is 10.0 Å². The number of methoxy groups -OCH3 is 1. The minimum Gasteiger partial charge on any atom is -0.469 e. The number of rotatable bonds is 8. The van der Waals surface area contributed by atoms with E-state index in [4.69, 9.17) is 16.3 Å². The summed E-state index contributed by atoms with van der Waals surface area (Å²) in [6, 6.07) is 8.44. The molecule has 5 nitrogen and oxygen atoms in total. The van der Waals surface area contributed by atoms with E-state index < -0.39 is 13.5 Å². The third-order valence-electron chi connectivity index (χ3n) is 11.5. The van der Waals surface area contributed by atoms with E-state index in [1.54, 1.807) is 0 Å². The monoisotopic (exact) mass is 648 g/mol. The van der Waals surface area contributed by atoms with E-state index in [9.17, 15) is 9.59 Å². The van der Waals surface area contributed by atoms with Crippen LogP contribution in [-0.2, 0) is 28.8 Å². The minimum absolute atomic E-state index is 0.106. The molecule has 2 saturated carbocycles. The molecule has 1 atom stereocenters. The molecule has 45 heavy (non-hydrogen) atoms. The van der Waals surface area contributed by atoms with E-state index in [1.807, 2.05) is 19.2 Å². The highest BCUT2D eigenvalue weighted by Crippen LogP contribution is 2.61. The summed E-state index contributed by atoms with van der Waals surface area (Å²) in [5.41, 5.74) is 10.5. The van der Waals surface area contributed by atoms with Crippen LogP contribution in [0, 0.1) is 19.3 Å². The number of benzene rings is 2. The van der Waals surface area contributed by atoms with Crippen LogP contribution in [0.1, 0.15) is 116 Å². The third-order valence-corrected chi connectivity index (χ3v) is 15.3. The van der Waals surface area contributed by atoms with Gasteiger partial charge in [0.05, 0.1) is 18.1 Å². The van der Waals surface area contributed by atoms with Crippen molar-refractivity contribution >= 4 is 49.7 Å². The molecule has 8 heteroatoms. The van der Waals surface area contributed by atoms with Gasteiger partial charge in [0.25, 0.3) is 0 Å². The average molecular weight is 649 g/mol. The van der Waals surface area contributed by atoms with E-state index in [0.717, 1.165) is 24.1 Å². The molecule has 0 radical (unpaired) electrons. The lowest BCUT2D eigenvalue weighted by Gasteiger charge is -2.52. The topological polar surface area (TPSA) is 49.9 Å². The van der Waals surface area contributed by atoms with Crippen LogP contribution in [0.5, 0.6) is 0 Å². The van der Waals surface area contributed by atoms with Gasteiger partial charge in [-0.3, -0.25) is 9.59 Å². The highest BCUT2D eigenvalue weighted by atomic mass is 35.5. The Kier molecular flexibility index (Phi) is 9.94. The Hall–Kier alpha value is -2.04. The molecular weight excluding hydrogens is 598 g/mol. The molecule has 2 fully saturated rings. The Morgan fingerprint density at radius 1 is 0.978 bits per heavy atom. The number of carbonyl (C=O) groups excluding carboxylic acids is 2. The van der Waals surface area contributed by atoms with Crippen LogP contribution in [0.2, 0.25) is 0 Å². The number of nitrogens with zero attached hydrogens (tertiary/aromatic N) is 2. The van der Waals surface area contributed by atoms with Gasteiger partial charge in [-0.1, -0.05) is 50.7 Å². The number of alkyl halides is 1. The fraction of sp³-hybridized carbons (Fsp3) is 0.622. The summed E-state index contributed by atoms with van der Waals surface area (Å²) in [6.07, 6.45) is 16.2. The fourth-order valence-electron chi connectivity index (χ4n) is 9.21. The quantitative estimate of drug-likeness (QED) is 0.126. The van der Waals surface area contributed by atoms with Crippen LogP contribution in [0.4, 0.5) is 5.69 Å². The highest BCUT2D eigenvalue weighted by Gasteiger charge is 2.51. The first kappa shape index (κ1) is 32.9. The van der Waals surface area contributed by atoms with Crippen molar-refractivity contribution in [3.05, 3.63) is 57.6 Å². The van der Waals surface area contributed by atoms with Crippen LogP contribution in [0.25, 0.3) is 0 Å². The zero-order valence-corrected chi connectivity index (χ0v) is 29.7. The zero-order chi connectivity index (χ0) is 31.9. The third kappa shape index (κ3) is 5.86. The van der Waals surface area contributed by atoms with Crippen molar-refractivity contribution in [2.24, 2.45) is 5.41 Å². The first-order valence-electron chi connectivity index (χ1n) is 17.4. The Balaban J connectivity index is 1.59. The molecule has 0 saturated heterocycles. The number of para-hydroxylation sites is 1. The minimum atomic E-state index is -0.577. The predicted molar refractivity (Wildman–Crippen MR) is 190 cm³/mol. The van der Waals surface area contributed by atoms with Gasteiger partial charge in [0.2, 0.25) is 5.91 Å². The molecule has 1 heterocycles. The lowest BCUT2D eigenvalue weighted by molar-refractivity contribution is -0.151. The zero-order valence-electron chi connectivity index (χ0n) is 28.1. The standard InChI is InChI=1S/C37H51BClN2O3P/c1-25-29(20-14-22-39)34(26(2)32-24-37(3,23-31(25)32)36(43)44-5)38-40(4)35(42)30-19-12-13-21-33(30)41(38)45(27-15-8-6-9-16-27)28-17-10-7-11-18-28/h12-13,19,21,27-28H,6-11,14-18,20,22-24H2,1-5H3. The van der Waals surface area contributed by atoms with Gasteiger partial charge < -0.3 is 14.1 Å². The van der Waals surface area contributed by atoms with E-state index in [-0.39, 0.29) is 18.9 Å². The lowest BCUT2D eigenvalue weighted by Crippen LogP contribution is -2.64. The molecule has 1 aliphatic heterocycles. The number of esters is 1. The number of ether oxygens (including phenoxy) is 1. The van der Waals surface area contributed by atoms with Gasteiger partial charge in [-0.2, -0.15) is 0 Å². The second kappa shape index (κ2) is 13.6. The number of anilines is 1. The largest absolute Gasteiger partial charge is 0.469 e. The molecule has 3 aliphatic carbocycles. The average Bonchev–Trinajstić information content (AvgIpc) is 3.45. The van der Waals surface area contributed by atoms with Gasteiger partial charge in [0.15, 0.2) is 0 Å².